The van der Waals surface area contributed by atoms with Crippen molar-refractivity contribution in [3.63, 3.8) is 0 Å². The maximum atomic E-state index is 9.00. The molecule has 0 amide bonds. The summed E-state index contributed by atoms with van der Waals surface area (Å²) in [5.41, 5.74) is 4.93. The normalized spacial score (nSPS) is 10.0. The van der Waals surface area contributed by atoms with Gasteiger partial charge in [0.15, 0.2) is 0 Å². The van der Waals surface area contributed by atoms with Gasteiger partial charge >= 0.3 is 0 Å². The van der Waals surface area contributed by atoms with Crippen molar-refractivity contribution >= 4 is 0 Å². The minimum absolute atomic E-state index is 0.379. The Bertz CT molecular complexity index is 699. The Labute approximate surface area is 125 Å². The van der Waals surface area contributed by atoms with Crippen molar-refractivity contribution in [2.45, 2.75) is 27.4 Å². The van der Waals surface area contributed by atoms with Gasteiger partial charge in [0.25, 0.3) is 0 Å². The van der Waals surface area contributed by atoms with Crippen LogP contribution in [0.15, 0.2) is 30.3 Å². The molecule has 108 valence electrons. The van der Waals surface area contributed by atoms with E-state index in [-0.39, 0.29) is 0 Å². The molecular weight excluding hydrogens is 262 g/mol. The van der Waals surface area contributed by atoms with Gasteiger partial charge in [-0.2, -0.15) is 5.26 Å². The first kappa shape index (κ1) is 14.9. The van der Waals surface area contributed by atoms with Crippen LogP contribution in [-0.4, -0.2) is 7.11 Å². The van der Waals surface area contributed by atoms with Gasteiger partial charge in [-0.3, -0.25) is 0 Å². The highest BCUT2D eigenvalue weighted by molar-refractivity contribution is 5.46. The zero-order valence-electron chi connectivity index (χ0n) is 12.9. The third-order valence-corrected chi connectivity index (χ3v) is 3.66. The fourth-order valence-corrected chi connectivity index (χ4v) is 2.26. The molecule has 2 aromatic carbocycles. The summed E-state index contributed by atoms with van der Waals surface area (Å²) >= 11 is 0. The van der Waals surface area contributed by atoms with E-state index < -0.39 is 0 Å². The second kappa shape index (κ2) is 6.32. The molecule has 0 spiro atoms. The van der Waals surface area contributed by atoms with Crippen molar-refractivity contribution < 1.29 is 9.47 Å². The molecule has 0 unspecified atom stereocenters. The van der Waals surface area contributed by atoms with E-state index in [9.17, 15) is 0 Å². The van der Waals surface area contributed by atoms with Gasteiger partial charge < -0.3 is 9.47 Å². The SMILES string of the molecule is COc1ccc(C#N)cc1COc1c(C)ccc(C)c1C. The van der Waals surface area contributed by atoms with Gasteiger partial charge in [-0.15, -0.1) is 0 Å². The average molecular weight is 281 g/mol. The highest BCUT2D eigenvalue weighted by Crippen LogP contribution is 2.28. The molecule has 0 atom stereocenters. The van der Waals surface area contributed by atoms with E-state index in [1.165, 1.54) is 5.56 Å². The highest BCUT2D eigenvalue weighted by Gasteiger charge is 2.09. The van der Waals surface area contributed by atoms with Crippen LogP contribution in [0.3, 0.4) is 0 Å². The summed E-state index contributed by atoms with van der Waals surface area (Å²) in [6.45, 7) is 6.54. The monoisotopic (exact) mass is 281 g/mol. The lowest BCUT2D eigenvalue weighted by Crippen LogP contribution is -2.02. The highest BCUT2D eigenvalue weighted by atomic mass is 16.5. The van der Waals surface area contributed by atoms with E-state index in [2.05, 4.69) is 32.0 Å². The Morgan fingerprint density at radius 3 is 2.43 bits per heavy atom. The van der Waals surface area contributed by atoms with Crippen LogP contribution >= 0.6 is 0 Å². The Morgan fingerprint density at radius 2 is 1.76 bits per heavy atom. The van der Waals surface area contributed by atoms with Crippen molar-refractivity contribution in [1.29, 1.82) is 5.26 Å². The Hall–Kier alpha value is -2.47. The zero-order chi connectivity index (χ0) is 15.4. The van der Waals surface area contributed by atoms with Gasteiger partial charge in [0.1, 0.15) is 18.1 Å². The molecule has 0 N–H and O–H groups in total. The maximum absolute atomic E-state index is 9.00. The number of benzene rings is 2. The van der Waals surface area contributed by atoms with Crippen LogP contribution in [0.5, 0.6) is 11.5 Å². The van der Waals surface area contributed by atoms with Crippen LogP contribution in [0.2, 0.25) is 0 Å². The molecule has 0 saturated carbocycles. The van der Waals surface area contributed by atoms with E-state index >= 15 is 0 Å². The first-order chi connectivity index (χ1) is 10.1. The lowest BCUT2D eigenvalue weighted by molar-refractivity contribution is 0.292. The summed E-state index contributed by atoms with van der Waals surface area (Å²) in [5, 5.41) is 9.00. The van der Waals surface area contributed by atoms with E-state index in [4.69, 9.17) is 14.7 Å². The summed E-state index contributed by atoms with van der Waals surface area (Å²) in [6, 6.07) is 11.6. The number of nitrogens with zero attached hydrogens (tertiary/aromatic N) is 1. The molecule has 0 aliphatic carbocycles. The number of aryl methyl sites for hydroxylation is 2. The molecule has 0 aliphatic rings. The van der Waals surface area contributed by atoms with Crippen LogP contribution in [0.25, 0.3) is 0 Å². The smallest absolute Gasteiger partial charge is 0.125 e. The molecule has 0 radical (unpaired) electrons. The molecule has 3 heteroatoms. The predicted octanol–water partition coefficient (Wildman–Crippen LogP) is 4.07. The number of rotatable bonds is 4. The van der Waals surface area contributed by atoms with Crippen molar-refractivity contribution in [2.24, 2.45) is 0 Å². The molecule has 21 heavy (non-hydrogen) atoms. The third kappa shape index (κ3) is 3.17. The number of hydrogen-bond acceptors (Lipinski definition) is 3. The molecule has 0 saturated heterocycles. The molecule has 0 bridgehead atoms. The van der Waals surface area contributed by atoms with Gasteiger partial charge in [-0.1, -0.05) is 12.1 Å². The first-order valence-corrected chi connectivity index (χ1v) is 6.83. The van der Waals surface area contributed by atoms with E-state index in [1.54, 1.807) is 25.3 Å². The lowest BCUT2D eigenvalue weighted by atomic mass is 10.1. The van der Waals surface area contributed by atoms with Crippen LogP contribution in [-0.2, 0) is 6.61 Å². The lowest BCUT2D eigenvalue weighted by Gasteiger charge is -2.15. The molecule has 0 heterocycles. The molecule has 3 nitrogen and oxygen atoms in total. The molecule has 2 rings (SSSR count). The minimum atomic E-state index is 0.379. The van der Waals surface area contributed by atoms with Gasteiger partial charge in [-0.05, 0) is 55.7 Å². The predicted molar refractivity (Wildman–Crippen MR) is 82.7 cm³/mol. The molecule has 0 aliphatic heterocycles. The Morgan fingerprint density at radius 1 is 1.05 bits per heavy atom. The van der Waals surface area contributed by atoms with Gasteiger partial charge in [-0.25, -0.2) is 0 Å². The fraction of sp³-hybridized carbons (Fsp3) is 0.278. The quantitative estimate of drug-likeness (QED) is 0.848. The van der Waals surface area contributed by atoms with Crippen LogP contribution in [0.1, 0.15) is 27.8 Å². The van der Waals surface area contributed by atoms with E-state index in [0.29, 0.717) is 12.2 Å². The topological polar surface area (TPSA) is 42.2 Å². The van der Waals surface area contributed by atoms with Crippen molar-refractivity contribution in [1.82, 2.24) is 0 Å². The summed E-state index contributed by atoms with van der Waals surface area (Å²) in [4.78, 5) is 0. The van der Waals surface area contributed by atoms with Crippen molar-refractivity contribution in [3.05, 3.63) is 58.1 Å². The van der Waals surface area contributed by atoms with Crippen molar-refractivity contribution in [2.75, 3.05) is 7.11 Å². The number of methoxy groups -OCH3 is 1. The zero-order valence-corrected chi connectivity index (χ0v) is 12.9. The molecule has 0 aromatic heterocycles. The summed E-state index contributed by atoms with van der Waals surface area (Å²) in [6.07, 6.45) is 0. The van der Waals surface area contributed by atoms with Gasteiger partial charge in [0.2, 0.25) is 0 Å². The first-order valence-electron chi connectivity index (χ1n) is 6.83. The minimum Gasteiger partial charge on any atom is -0.496 e. The number of ether oxygens (including phenoxy) is 2. The Balaban J connectivity index is 2.28. The van der Waals surface area contributed by atoms with E-state index in [1.807, 2.05) is 6.92 Å². The molecule has 0 fully saturated rings. The number of hydrogen-bond donors (Lipinski definition) is 0. The van der Waals surface area contributed by atoms with Crippen molar-refractivity contribution in [3.8, 4) is 17.6 Å². The summed E-state index contributed by atoms with van der Waals surface area (Å²) in [5.74, 6) is 1.64. The summed E-state index contributed by atoms with van der Waals surface area (Å²) < 4.78 is 11.3. The molecule has 2 aromatic rings. The van der Waals surface area contributed by atoms with Gasteiger partial charge in [0, 0.05) is 5.56 Å². The fourth-order valence-electron chi connectivity index (χ4n) is 2.26. The van der Waals surface area contributed by atoms with Crippen LogP contribution in [0.4, 0.5) is 0 Å². The van der Waals surface area contributed by atoms with Crippen LogP contribution in [0, 0.1) is 32.1 Å². The second-order valence-corrected chi connectivity index (χ2v) is 5.08. The van der Waals surface area contributed by atoms with Crippen LogP contribution < -0.4 is 9.47 Å². The Kier molecular flexibility index (Phi) is 4.49. The van der Waals surface area contributed by atoms with Gasteiger partial charge in [0.05, 0.1) is 18.7 Å². The third-order valence-electron chi connectivity index (χ3n) is 3.66. The maximum Gasteiger partial charge on any atom is 0.125 e. The summed E-state index contributed by atoms with van der Waals surface area (Å²) in [7, 11) is 1.62. The standard InChI is InChI=1S/C18H19NO2/c1-12-5-6-13(2)18(14(12)3)21-11-16-9-15(10-19)7-8-17(16)20-4/h5-9H,11H2,1-4H3. The molecular formula is C18H19NO2. The second-order valence-electron chi connectivity index (χ2n) is 5.08. The number of nitriles is 1. The largest absolute Gasteiger partial charge is 0.496 e. The van der Waals surface area contributed by atoms with E-state index in [0.717, 1.165) is 28.2 Å². The average Bonchev–Trinajstić information content (AvgIpc) is 2.50.